The van der Waals surface area contributed by atoms with Crippen LogP contribution in [0.1, 0.15) is 36.5 Å². The molecule has 0 aromatic heterocycles. The summed E-state index contributed by atoms with van der Waals surface area (Å²) in [6.07, 6.45) is 2.45. The maximum atomic E-state index is 13.0. The van der Waals surface area contributed by atoms with E-state index in [1.165, 1.54) is 29.2 Å². The molecule has 2 amide bonds. The smallest absolute Gasteiger partial charge is 0.237 e. The number of carbonyl (C=O) groups is 3. The number of nitrogens with zero attached hydrogens (tertiary/aromatic N) is 1. The van der Waals surface area contributed by atoms with Gasteiger partial charge in [0.05, 0.1) is 17.5 Å². The van der Waals surface area contributed by atoms with Crippen LogP contribution in [-0.4, -0.2) is 24.2 Å². The molecule has 1 saturated heterocycles. The number of hydrogen-bond acceptors (Lipinski definition) is 4. The van der Waals surface area contributed by atoms with E-state index in [1.807, 2.05) is 0 Å². The highest BCUT2D eigenvalue weighted by atomic mass is 19.1. The van der Waals surface area contributed by atoms with Gasteiger partial charge in [-0.2, -0.15) is 0 Å². The van der Waals surface area contributed by atoms with Crippen LogP contribution < -0.4 is 9.64 Å². The van der Waals surface area contributed by atoms with Gasteiger partial charge in [-0.15, -0.1) is 0 Å². The molecule has 0 bridgehead atoms. The minimum atomic E-state index is -0.412. The number of Topliss-reactive ketones (excluding diaryl/α,β-unsaturated/α-hetero) is 1. The Labute approximate surface area is 168 Å². The predicted molar refractivity (Wildman–Crippen MR) is 105 cm³/mol. The largest absolute Gasteiger partial charge is 0.485 e. The van der Waals surface area contributed by atoms with Crippen molar-refractivity contribution in [3.05, 3.63) is 59.9 Å². The normalized spacial score (nSPS) is 23.8. The van der Waals surface area contributed by atoms with E-state index in [1.54, 1.807) is 24.3 Å². The van der Waals surface area contributed by atoms with Crippen LogP contribution in [0.4, 0.5) is 10.1 Å². The van der Waals surface area contributed by atoms with Crippen molar-refractivity contribution in [2.45, 2.75) is 26.2 Å². The molecule has 0 N–H and O–H groups in total. The van der Waals surface area contributed by atoms with Gasteiger partial charge in [0.15, 0.2) is 12.4 Å². The number of benzene rings is 2. The minimum Gasteiger partial charge on any atom is -0.485 e. The molecule has 1 aliphatic heterocycles. The molecule has 6 heteroatoms. The zero-order valence-corrected chi connectivity index (χ0v) is 16.1. The molecular formula is C23H22FNO4. The number of carbonyl (C=O) groups excluding carboxylic acids is 3. The van der Waals surface area contributed by atoms with Gasteiger partial charge in [-0.1, -0.05) is 13.0 Å². The van der Waals surface area contributed by atoms with Crippen LogP contribution in [0.15, 0.2) is 48.5 Å². The van der Waals surface area contributed by atoms with E-state index in [2.05, 4.69) is 6.92 Å². The van der Waals surface area contributed by atoms with E-state index < -0.39 is 5.82 Å². The Balaban J connectivity index is 1.47. The van der Waals surface area contributed by atoms with E-state index in [0.29, 0.717) is 22.9 Å². The number of ether oxygens (including phenoxy) is 1. The Morgan fingerprint density at radius 3 is 2.55 bits per heavy atom. The first-order valence-corrected chi connectivity index (χ1v) is 9.83. The van der Waals surface area contributed by atoms with Gasteiger partial charge in [0.25, 0.3) is 0 Å². The Morgan fingerprint density at radius 2 is 1.79 bits per heavy atom. The second kappa shape index (κ2) is 7.78. The number of imide groups is 1. The molecule has 2 fully saturated rings. The van der Waals surface area contributed by atoms with Crippen molar-refractivity contribution in [3.8, 4) is 5.75 Å². The van der Waals surface area contributed by atoms with Gasteiger partial charge >= 0.3 is 0 Å². The highest BCUT2D eigenvalue weighted by Gasteiger charge is 2.50. The molecule has 0 radical (unpaired) electrons. The molecule has 2 aliphatic rings. The van der Waals surface area contributed by atoms with Crippen LogP contribution in [0.25, 0.3) is 0 Å². The lowest BCUT2D eigenvalue weighted by molar-refractivity contribution is -0.122. The first-order valence-electron chi connectivity index (χ1n) is 9.83. The van der Waals surface area contributed by atoms with Crippen molar-refractivity contribution >= 4 is 23.3 Å². The number of amides is 2. The van der Waals surface area contributed by atoms with Gasteiger partial charge in [-0.05, 0) is 61.6 Å². The molecule has 5 nitrogen and oxygen atoms in total. The van der Waals surface area contributed by atoms with E-state index >= 15 is 0 Å². The molecule has 2 aromatic carbocycles. The fourth-order valence-corrected chi connectivity index (χ4v) is 4.22. The van der Waals surface area contributed by atoms with Crippen LogP contribution >= 0.6 is 0 Å². The van der Waals surface area contributed by atoms with Crippen molar-refractivity contribution in [2.75, 3.05) is 11.5 Å². The second-order valence-corrected chi connectivity index (χ2v) is 7.86. The Kier molecular flexibility index (Phi) is 5.18. The molecule has 1 saturated carbocycles. The van der Waals surface area contributed by atoms with Crippen molar-refractivity contribution in [3.63, 3.8) is 0 Å². The summed E-state index contributed by atoms with van der Waals surface area (Å²) in [6, 6.07) is 11.9. The number of halogens is 1. The first kappa shape index (κ1) is 19.3. The molecule has 150 valence electrons. The molecule has 0 spiro atoms. The van der Waals surface area contributed by atoms with Crippen LogP contribution in [-0.2, 0) is 9.59 Å². The van der Waals surface area contributed by atoms with Gasteiger partial charge < -0.3 is 4.74 Å². The first-order chi connectivity index (χ1) is 13.9. The summed E-state index contributed by atoms with van der Waals surface area (Å²) in [4.78, 5) is 39.2. The molecule has 4 rings (SSSR count). The fourth-order valence-electron chi connectivity index (χ4n) is 4.22. The summed E-state index contributed by atoms with van der Waals surface area (Å²) in [6.45, 7) is 1.89. The van der Waals surface area contributed by atoms with E-state index in [-0.39, 0.29) is 36.0 Å². The van der Waals surface area contributed by atoms with E-state index in [4.69, 9.17) is 4.74 Å². The molecular weight excluding hydrogens is 373 g/mol. The lowest BCUT2D eigenvalue weighted by Crippen LogP contribution is -2.30. The van der Waals surface area contributed by atoms with Crippen LogP contribution in [0, 0.1) is 23.6 Å². The Hall–Kier alpha value is -3.02. The Morgan fingerprint density at radius 1 is 1.07 bits per heavy atom. The van der Waals surface area contributed by atoms with Crippen molar-refractivity contribution in [2.24, 2.45) is 17.8 Å². The highest BCUT2D eigenvalue weighted by Crippen LogP contribution is 2.42. The fraction of sp³-hybridized carbons (Fsp3) is 0.348. The lowest BCUT2D eigenvalue weighted by atomic mass is 9.76. The lowest BCUT2D eigenvalue weighted by Gasteiger charge is -2.25. The molecule has 1 aliphatic carbocycles. The molecule has 29 heavy (non-hydrogen) atoms. The monoisotopic (exact) mass is 395 g/mol. The average Bonchev–Trinajstić information content (AvgIpc) is 2.96. The number of anilines is 1. The van der Waals surface area contributed by atoms with Gasteiger partial charge in [0.1, 0.15) is 11.6 Å². The standard InChI is InChI=1S/C23H22FNO4/c1-14-5-10-19-20(11-14)23(28)25(22(19)27)17-3-2-4-18(12-17)29-13-21(26)15-6-8-16(24)9-7-15/h2-4,6-9,12,14,19-20H,5,10-11,13H2,1H3/t14-,19+,20+/m0/s1. The number of hydrogen-bond donors (Lipinski definition) is 0. The quantitative estimate of drug-likeness (QED) is 0.567. The van der Waals surface area contributed by atoms with Gasteiger partial charge in [-0.3, -0.25) is 14.4 Å². The molecule has 0 unspecified atom stereocenters. The van der Waals surface area contributed by atoms with Gasteiger partial charge in [0, 0.05) is 11.6 Å². The molecule has 3 atom stereocenters. The maximum absolute atomic E-state index is 13.0. The Bertz CT molecular complexity index is 956. The summed E-state index contributed by atoms with van der Waals surface area (Å²) in [5.41, 5.74) is 0.819. The number of fused-ring (bicyclic) bond motifs is 1. The predicted octanol–water partition coefficient (Wildman–Crippen LogP) is 4.01. The minimum absolute atomic E-state index is 0.147. The number of ketones is 1. The highest BCUT2D eigenvalue weighted by molar-refractivity contribution is 6.22. The third kappa shape index (κ3) is 3.79. The van der Waals surface area contributed by atoms with Crippen molar-refractivity contribution < 1.29 is 23.5 Å². The number of rotatable bonds is 5. The molecule has 1 heterocycles. The molecule has 2 aromatic rings. The van der Waals surface area contributed by atoms with Crippen molar-refractivity contribution in [1.82, 2.24) is 0 Å². The van der Waals surface area contributed by atoms with Gasteiger partial charge in [-0.25, -0.2) is 9.29 Å². The summed E-state index contributed by atoms with van der Waals surface area (Å²) >= 11 is 0. The zero-order chi connectivity index (χ0) is 20.5. The average molecular weight is 395 g/mol. The van der Waals surface area contributed by atoms with Crippen LogP contribution in [0.3, 0.4) is 0 Å². The summed E-state index contributed by atoms with van der Waals surface area (Å²) in [5, 5.41) is 0. The van der Waals surface area contributed by atoms with Crippen LogP contribution in [0.5, 0.6) is 5.75 Å². The SMILES string of the molecule is C[C@H]1CC[C@H]2C(=O)N(c3cccc(OCC(=O)c4ccc(F)cc4)c3)C(=O)[C@@H]2C1. The van der Waals surface area contributed by atoms with E-state index in [0.717, 1.165) is 19.3 Å². The topological polar surface area (TPSA) is 63.7 Å². The van der Waals surface area contributed by atoms with Gasteiger partial charge in [0.2, 0.25) is 11.8 Å². The van der Waals surface area contributed by atoms with Crippen LogP contribution in [0.2, 0.25) is 0 Å². The second-order valence-electron chi connectivity index (χ2n) is 7.86. The summed E-state index contributed by atoms with van der Waals surface area (Å²) < 4.78 is 18.6. The zero-order valence-electron chi connectivity index (χ0n) is 16.1. The summed E-state index contributed by atoms with van der Waals surface area (Å²) in [5.74, 6) is -0.632. The summed E-state index contributed by atoms with van der Waals surface area (Å²) in [7, 11) is 0. The third-order valence-corrected chi connectivity index (χ3v) is 5.80. The van der Waals surface area contributed by atoms with E-state index in [9.17, 15) is 18.8 Å². The third-order valence-electron chi connectivity index (χ3n) is 5.80. The maximum Gasteiger partial charge on any atom is 0.237 e. The van der Waals surface area contributed by atoms with Crippen molar-refractivity contribution in [1.29, 1.82) is 0 Å².